The van der Waals surface area contributed by atoms with Gasteiger partial charge in [-0.2, -0.15) is 0 Å². The maximum Gasteiger partial charge on any atom is 0.271 e. The van der Waals surface area contributed by atoms with E-state index in [0.717, 1.165) is 11.1 Å². The monoisotopic (exact) mass is 395 g/mol. The van der Waals surface area contributed by atoms with Gasteiger partial charge in [-0.05, 0) is 29.3 Å². The van der Waals surface area contributed by atoms with E-state index in [9.17, 15) is 14.4 Å². The van der Waals surface area contributed by atoms with E-state index in [1.807, 2.05) is 30.3 Å². The van der Waals surface area contributed by atoms with Crippen LogP contribution in [0, 0.1) is 0 Å². The maximum atomic E-state index is 12.3. The van der Waals surface area contributed by atoms with Crippen molar-refractivity contribution in [1.29, 1.82) is 0 Å². The summed E-state index contributed by atoms with van der Waals surface area (Å²) in [5.74, 6) is -0.875. The van der Waals surface area contributed by atoms with Crippen molar-refractivity contribution in [3.05, 3.63) is 105 Å². The zero-order chi connectivity index (χ0) is 19.9. The molecular weight excluding hydrogens is 378 g/mol. The Labute approximate surface area is 166 Å². The van der Waals surface area contributed by atoms with Crippen molar-refractivity contribution in [1.82, 2.24) is 15.4 Å². The van der Waals surface area contributed by atoms with Gasteiger partial charge in [0.25, 0.3) is 11.5 Å². The van der Waals surface area contributed by atoms with Crippen LogP contribution in [-0.4, -0.2) is 16.4 Å². The predicted octanol–water partition coefficient (Wildman–Crippen LogP) is 2.55. The van der Waals surface area contributed by atoms with Crippen molar-refractivity contribution in [2.45, 2.75) is 13.0 Å². The van der Waals surface area contributed by atoms with Gasteiger partial charge in [0.1, 0.15) is 0 Å². The van der Waals surface area contributed by atoms with Gasteiger partial charge in [0.05, 0.1) is 18.5 Å². The first-order valence-electron chi connectivity index (χ1n) is 8.59. The smallest absolute Gasteiger partial charge is 0.271 e. The molecule has 3 aromatic rings. The number of amides is 2. The summed E-state index contributed by atoms with van der Waals surface area (Å²) in [7, 11) is 0. The lowest BCUT2D eigenvalue weighted by atomic mass is 10.1. The molecule has 0 radical (unpaired) electrons. The molecule has 142 valence electrons. The predicted molar refractivity (Wildman–Crippen MR) is 107 cm³/mol. The number of halogens is 1. The number of nitrogens with one attached hydrogen (secondary N) is 2. The van der Waals surface area contributed by atoms with Crippen molar-refractivity contribution < 1.29 is 9.59 Å². The van der Waals surface area contributed by atoms with Gasteiger partial charge in [-0.15, -0.1) is 0 Å². The first-order valence-corrected chi connectivity index (χ1v) is 8.97. The number of pyridine rings is 1. The lowest BCUT2D eigenvalue weighted by Gasteiger charge is -2.10. The number of nitrogens with zero attached hydrogens (tertiary/aromatic N) is 1. The van der Waals surface area contributed by atoms with Crippen molar-refractivity contribution >= 4 is 23.4 Å². The molecule has 0 atom stereocenters. The molecule has 0 aliphatic rings. The van der Waals surface area contributed by atoms with Crippen LogP contribution in [0.25, 0.3) is 0 Å². The van der Waals surface area contributed by atoms with E-state index in [0.29, 0.717) is 11.6 Å². The number of hydrazine groups is 1. The summed E-state index contributed by atoms with van der Waals surface area (Å²) in [5, 5.41) is 0.586. The summed E-state index contributed by atoms with van der Waals surface area (Å²) in [6, 6.07) is 19.1. The fraction of sp³-hybridized carbons (Fsp3) is 0.0952. The second-order valence-corrected chi connectivity index (χ2v) is 6.61. The Morgan fingerprint density at radius 1 is 0.857 bits per heavy atom. The Hall–Kier alpha value is -3.38. The topological polar surface area (TPSA) is 80.2 Å². The molecule has 28 heavy (non-hydrogen) atoms. The van der Waals surface area contributed by atoms with E-state index in [1.165, 1.54) is 22.9 Å². The van der Waals surface area contributed by atoms with Crippen LogP contribution in [0.15, 0.2) is 77.7 Å². The van der Waals surface area contributed by atoms with Gasteiger partial charge in [0.2, 0.25) is 5.91 Å². The lowest BCUT2D eigenvalue weighted by Crippen LogP contribution is -2.42. The van der Waals surface area contributed by atoms with Gasteiger partial charge >= 0.3 is 0 Å². The fourth-order valence-corrected chi connectivity index (χ4v) is 2.73. The van der Waals surface area contributed by atoms with Crippen LogP contribution in [0.1, 0.15) is 21.5 Å². The third-order valence-electron chi connectivity index (χ3n) is 4.03. The van der Waals surface area contributed by atoms with Crippen LogP contribution in [0.4, 0.5) is 0 Å². The van der Waals surface area contributed by atoms with Crippen LogP contribution in [-0.2, 0) is 17.8 Å². The molecule has 0 aliphatic carbocycles. The number of benzene rings is 2. The zero-order valence-corrected chi connectivity index (χ0v) is 15.6. The van der Waals surface area contributed by atoms with Gasteiger partial charge in [-0.25, -0.2) is 0 Å². The molecule has 2 N–H and O–H groups in total. The van der Waals surface area contributed by atoms with Gasteiger partial charge in [0, 0.05) is 17.3 Å². The Morgan fingerprint density at radius 2 is 1.57 bits per heavy atom. The minimum absolute atomic E-state index is 0.102. The van der Waals surface area contributed by atoms with E-state index in [-0.39, 0.29) is 23.5 Å². The highest BCUT2D eigenvalue weighted by Crippen LogP contribution is 2.09. The highest BCUT2D eigenvalue weighted by molar-refractivity contribution is 6.30. The standard InChI is InChI=1S/C21H18ClN3O3/c22-18-9-6-15(7-10-18)12-19(26)23-24-21(28)17-8-11-20(27)25(14-17)13-16-4-2-1-3-5-16/h1-11,14H,12-13H2,(H,23,26)(H,24,28). The van der Waals surface area contributed by atoms with Crippen molar-refractivity contribution in [2.75, 3.05) is 0 Å². The highest BCUT2D eigenvalue weighted by Gasteiger charge is 2.10. The highest BCUT2D eigenvalue weighted by atomic mass is 35.5. The Balaban J connectivity index is 1.61. The first kappa shape index (κ1) is 19.4. The molecule has 6 nitrogen and oxygen atoms in total. The van der Waals surface area contributed by atoms with E-state index in [1.54, 1.807) is 24.3 Å². The molecule has 0 aliphatic heterocycles. The van der Waals surface area contributed by atoms with E-state index in [4.69, 9.17) is 11.6 Å². The largest absolute Gasteiger partial charge is 0.310 e. The number of aromatic nitrogens is 1. The van der Waals surface area contributed by atoms with E-state index < -0.39 is 5.91 Å². The molecule has 2 amide bonds. The van der Waals surface area contributed by atoms with Crippen LogP contribution in [0.5, 0.6) is 0 Å². The summed E-state index contributed by atoms with van der Waals surface area (Å²) in [6.45, 7) is 0.351. The number of carbonyl (C=O) groups excluding carboxylic acids is 2. The fourth-order valence-electron chi connectivity index (χ4n) is 2.60. The maximum absolute atomic E-state index is 12.3. The lowest BCUT2D eigenvalue weighted by molar-refractivity contribution is -0.121. The van der Waals surface area contributed by atoms with E-state index in [2.05, 4.69) is 10.9 Å². The summed E-state index contributed by atoms with van der Waals surface area (Å²) in [4.78, 5) is 36.3. The zero-order valence-electron chi connectivity index (χ0n) is 14.9. The average molecular weight is 396 g/mol. The van der Waals surface area contributed by atoms with Crippen LogP contribution >= 0.6 is 11.6 Å². The minimum Gasteiger partial charge on any atom is -0.310 e. The molecule has 1 heterocycles. The second kappa shape index (κ2) is 9.01. The summed E-state index contributed by atoms with van der Waals surface area (Å²) < 4.78 is 1.44. The van der Waals surface area contributed by atoms with Crippen LogP contribution in [0.3, 0.4) is 0 Å². The molecule has 2 aromatic carbocycles. The van der Waals surface area contributed by atoms with Gasteiger partial charge in [-0.3, -0.25) is 25.2 Å². The Morgan fingerprint density at radius 3 is 2.29 bits per heavy atom. The van der Waals surface area contributed by atoms with Gasteiger partial charge in [0.15, 0.2) is 0 Å². The first-order chi connectivity index (χ1) is 13.5. The van der Waals surface area contributed by atoms with Crippen LogP contribution in [0.2, 0.25) is 5.02 Å². The number of rotatable bonds is 5. The third-order valence-corrected chi connectivity index (χ3v) is 4.29. The molecule has 0 unspecified atom stereocenters. The quantitative estimate of drug-likeness (QED) is 0.651. The molecular formula is C21H18ClN3O3. The molecule has 7 heteroatoms. The molecule has 0 fully saturated rings. The van der Waals surface area contributed by atoms with E-state index >= 15 is 0 Å². The summed E-state index contributed by atoms with van der Waals surface area (Å²) in [6.07, 6.45) is 1.57. The van der Waals surface area contributed by atoms with Crippen molar-refractivity contribution in [2.24, 2.45) is 0 Å². The minimum atomic E-state index is -0.508. The average Bonchev–Trinajstić information content (AvgIpc) is 2.70. The molecule has 0 saturated carbocycles. The summed E-state index contributed by atoms with van der Waals surface area (Å²) >= 11 is 5.81. The number of hydrogen-bond acceptors (Lipinski definition) is 3. The SMILES string of the molecule is O=C(Cc1ccc(Cl)cc1)NNC(=O)c1ccc(=O)n(Cc2ccccc2)c1. The molecule has 0 saturated heterocycles. The number of carbonyl (C=O) groups is 2. The molecule has 0 bridgehead atoms. The molecule has 1 aromatic heterocycles. The number of hydrogen-bond donors (Lipinski definition) is 2. The Kier molecular flexibility index (Phi) is 6.24. The van der Waals surface area contributed by atoms with Gasteiger partial charge in [-0.1, -0.05) is 54.1 Å². The normalized spacial score (nSPS) is 10.3. The van der Waals surface area contributed by atoms with Crippen molar-refractivity contribution in [3.8, 4) is 0 Å². The van der Waals surface area contributed by atoms with Crippen molar-refractivity contribution in [3.63, 3.8) is 0 Å². The summed E-state index contributed by atoms with van der Waals surface area (Å²) in [5.41, 5.74) is 6.49. The second-order valence-electron chi connectivity index (χ2n) is 6.18. The molecule has 3 rings (SSSR count). The van der Waals surface area contributed by atoms with Gasteiger partial charge < -0.3 is 4.57 Å². The molecule has 0 spiro atoms. The Bertz CT molecular complexity index is 1030. The van der Waals surface area contributed by atoms with Crippen LogP contribution < -0.4 is 16.4 Å². The third kappa shape index (κ3) is 5.31.